The molecule has 0 aromatic carbocycles. The minimum absolute atomic E-state index is 0.752. The van der Waals surface area contributed by atoms with Gasteiger partial charge in [-0.3, -0.25) is 4.98 Å². The van der Waals surface area contributed by atoms with Crippen molar-refractivity contribution in [2.24, 2.45) is 0 Å². The van der Waals surface area contributed by atoms with E-state index in [0.29, 0.717) is 0 Å². The fourth-order valence-corrected chi connectivity index (χ4v) is 3.91. The minimum atomic E-state index is 0.752. The van der Waals surface area contributed by atoms with Crippen molar-refractivity contribution in [3.8, 4) is 16.1 Å². The van der Waals surface area contributed by atoms with Crippen LogP contribution >= 0.6 is 11.3 Å². The Morgan fingerprint density at radius 3 is 2.66 bits per heavy atom. The van der Waals surface area contributed by atoms with Crippen molar-refractivity contribution in [2.45, 2.75) is 0 Å². The predicted molar refractivity (Wildman–Crippen MR) is 111 cm³/mol. The molecule has 0 unspecified atom stereocenters. The Balaban J connectivity index is 1.34. The Kier molecular flexibility index (Phi) is 4.85. The smallest absolute Gasteiger partial charge is 0.188 e. The standard InChI is InChI=1S/C19H18N8OS/c1-2-21-18(10-15(1)26-5-7-28-8-6-26)25-19-22-13-17(29-19)14-9-16(12-20-11-14)27-23-3-4-24-27/h1-4,9-13H,5-8H2,(H,21,22,25). The van der Waals surface area contributed by atoms with E-state index in [4.69, 9.17) is 4.74 Å². The van der Waals surface area contributed by atoms with Crippen molar-refractivity contribution in [2.75, 3.05) is 36.5 Å². The molecule has 0 amide bonds. The summed E-state index contributed by atoms with van der Waals surface area (Å²) in [6.07, 6.45) is 10.5. The van der Waals surface area contributed by atoms with Gasteiger partial charge in [-0.2, -0.15) is 15.0 Å². The Morgan fingerprint density at radius 2 is 1.79 bits per heavy atom. The number of hydrogen-bond acceptors (Lipinski definition) is 9. The van der Waals surface area contributed by atoms with Crippen LogP contribution in [0.5, 0.6) is 0 Å². The maximum absolute atomic E-state index is 5.43. The maximum atomic E-state index is 5.43. The van der Waals surface area contributed by atoms with Crippen LogP contribution in [0.1, 0.15) is 0 Å². The Hall–Kier alpha value is -3.37. The lowest BCUT2D eigenvalue weighted by Gasteiger charge is -2.28. The van der Waals surface area contributed by atoms with Gasteiger partial charge in [0.2, 0.25) is 0 Å². The first-order valence-corrected chi connectivity index (χ1v) is 10.0. The van der Waals surface area contributed by atoms with E-state index in [9.17, 15) is 0 Å². The highest BCUT2D eigenvalue weighted by atomic mass is 32.1. The largest absolute Gasteiger partial charge is 0.378 e. The first-order chi connectivity index (χ1) is 14.3. The lowest BCUT2D eigenvalue weighted by molar-refractivity contribution is 0.122. The van der Waals surface area contributed by atoms with E-state index in [1.807, 2.05) is 36.8 Å². The highest BCUT2D eigenvalue weighted by Crippen LogP contribution is 2.31. The highest BCUT2D eigenvalue weighted by Gasteiger charge is 2.13. The number of nitrogens with zero attached hydrogens (tertiary/aromatic N) is 7. The summed E-state index contributed by atoms with van der Waals surface area (Å²) >= 11 is 1.54. The fraction of sp³-hybridized carbons (Fsp3) is 0.211. The molecule has 1 aliphatic rings. The third-order valence-electron chi connectivity index (χ3n) is 4.52. The molecule has 9 nitrogen and oxygen atoms in total. The molecule has 10 heteroatoms. The summed E-state index contributed by atoms with van der Waals surface area (Å²) in [5, 5.41) is 12.4. The molecular formula is C19H18N8OS. The normalized spacial score (nSPS) is 14.1. The second-order valence-corrected chi connectivity index (χ2v) is 7.43. The van der Waals surface area contributed by atoms with Gasteiger partial charge in [-0.25, -0.2) is 9.97 Å². The molecule has 146 valence electrons. The Bertz CT molecular complexity index is 1090. The first-order valence-electron chi connectivity index (χ1n) is 9.19. The molecule has 0 radical (unpaired) electrons. The number of thiazole rings is 1. The number of pyridine rings is 2. The van der Waals surface area contributed by atoms with Crippen molar-refractivity contribution in [3.63, 3.8) is 0 Å². The van der Waals surface area contributed by atoms with Crippen LogP contribution in [0.25, 0.3) is 16.1 Å². The number of rotatable bonds is 5. The number of morpholine rings is 1. The molecule has 0 spiro atoms. The second kappa shape index (κ2) is 7.94. The van der Waals surface area contributed by atoms with E-state index >= 15 is 0 Å². The van der Waals surface area contributed by atoms with Gasteiger partial charge in [0, 0.05) is 49.0 Å². The van der Waals surface area contributed by atoms with Crippen molar-refractivity contribution in [1.29, 1.82) is 0 Å². The van der Waals surface area contributed by atoms with Crippen molar-refractivity contribution >= 4 is 28.0 Å². The molecule has 5 heterocycles. The molecule has 0 bridgehead atoms. The average molecular weight is 406 g/mol. The van der Waals surface area contributed by atoms with E-state index in [2.05, 4.69) is 35.4 Å². The van der Waals surface area contributed by atoms with Crippen LogP contribution in [-0.2, 0) is 4.74 Å². The highest BCUT2D eigenvalue weighted by molar-refractivity contribution is 7.18. The Labute approximate surface area is 171 Å². The first kappa shape index (κ1) is 17.7. The minimum Gasteiger partial charge on any atom is -0.378 e. The molecule has 4 aromatic heterocycles. The predicted octanol–water partition coefficient (Wildman–Crippen LogP) is 2.76. The van der Waals surface area contributed by atoms with E-state index in [0.717, 1.165) is 59.1 Å². The van der Waals surface area contributed by atoms with Gasteiger partial charge in [0.25, 0.3) is 0 Å². The molecule has 5 rings (SSSR count). The summed E-state index contributed by atoms with van der Waals surface area (Å²) in [6.45, 7) is 3.28. The molecule has 1 fully saturated rings. The molecule has 0 saturated carbocycles. The number of anilines is 3. The van der Waals surface area contributed by atoms with Crippen LogP contribution in [-0.4, -0.2) is 56.2 Å². The molecular weight excluding hydrogens is 388 g/mol. The fourth-order valence-electron chi connectivity index (χ4n) is 3.10. The molecule has 1 saturated heterocycles. The van der Waals surface area contributed by atoms with E-state index < -0.39 is 0 Å². The zero-order valence-corrected chi connectivity index (χ0v) is 16.3. The van der Waals surface area contributed by atoms with Gasteiger partial charge >= 0.3 is 0 Å². The summed E-state index contributed by atoms with van der Waals surface area (Å²) in [4.78, 5) is 18.1. The van der Waals surface area contributed by atoms with Gasteiger partial charge in [0.15, 0.2) is 5.13 Å². The van der Waals surface area contributed by atoms with E-state index in [1.54, 1.807) is 29.9 Å². The Morgan fingerprint density at radius 1 is 0.931 bits per heavy atom. The van der Waals surface area contributed by atoms with Gasteiger partial charge in [-0.05, 0) is 12.1 Å². The number of hydrogen-bond donors (Lipinski definition) is 1. The maximum Gasteiger partial charge on any atom is 0.188 e. The van der Waals surface area contributed by atoms with Gasteiger partial charge in [0.1, 0.15) is 11.5 Å². The number of nitrogens with one attached hydrogen (secondary N) is 1. The number of ether oxygens (including phenoxy) is 1. The van der Waals surface area contributed by atoms with Crippen LogP contribution in [0.15, 0.2) is 55.4 Å². The molecule has 4 aromatic rings. The zero-order chi connectivity index (χ0) is 19.5. The van der Waals surface area contributed by atoms with Crippen LogP contribution in [0.3, 0.4) is 0 Å². The average Bonchev–Trinajstić information content (AvgIpc) is 3.47. The third-order valence-corrected chi connectivity index (χ3v) is 5.48. The number of aromatic nitrogens is 6. The monoisotopic (exact) mass is 406 g/mol. The second-order valence-electron chi connectivity index (χ2n) is 6.40. The van der Waals surface area contributed by atoms with Crippen molar-refractivity contribution in [3.05, 3.63) is 55.4 Å². The summed E-state index contributed by atoms with van der Waals surface area (Å²) in [7, 11) is 0. The van der Waals surface area contributed by atoms with Gasteiger partial charge in [0.05, 0.1) is 36.7 Å². The SMILES string of the molecule is c1cc(N2CCOCC2)cc(Nc2ncc(-c3cncc(-n4nccn4)c3)s2)n1. The van der Waals surface area contributed by atoms with Crippen molar-refractivity contribution < 1.29 is 4.74 Å². The van der Waals surface area contributed by atoms with Gasteiger partial charge in [-0.15, -0.1) is 0 Å². The quantitative estimate of drug-likeness (QED) is 0.541. The van der Waals surface area contributed by atoms with Crippen LogP contribution < -0.4 is 10.2 Å². The topological polar surface area (TPSA) is 93.9 Å². The van der Waals surface area contributed by atoms with Crippen LogP contribution in [0.4, 0.5) is 16.6 Å². The molecule has 29 heavy (non-hydrogen) atoms. The lowest BCUT2D eigenvalue weighted by atomic mass is 10.2. The van der Waals surface area contributed by atoms with E-state index in [1.165, 1.54) is 4.80 Å². The summed E-state index contributed by atoms with van der Waals surface area (Å²) in [6, 6.07) is 6.05. The summed E-state index contributed by atoms with van der Waals surface area (Å²) in [5.74, 6) is 0.766. The van der Waals surface area contributed by atoms with Crippen LogP contribution in [0.2, 0.25) is 0 Å². The zero-order valence-electron chi connectivity index (χ0n) is 15.5. The molecule has 1 aliphatic heterocycles. The molecule has 0 aliphatic carbocycles. The summed E-state index contributed by atoms with van der Waals surface area (Å²) in [5.41, 5.74) is 2.89. The molecule has 0 atom stereocenters. The molecule has 1 N–H and O–H groups in total. The van der Waals surface area contributed by atoms with Crippen LogP contribution in [0, 0.1) is 0 Å². The lowest BCUT2D eigenvalue weighted by Crippen LogP contribution is -2.36. The third kappa shape index (κ3) is 3.93. The summed E-state index contributed by atoms with van der Waals surface area (Å²) < 4.78 is 5.43. The van der Waals surface area contributed by atoms with E-state index in [-0.39, 0.29) is 0 Å². The van der Waals surface area contributed by atoms with Gasteiger partial charge < -0.3 is 15.0 Å². The van der Waals surface area contributed by atoms with Crippen molar-refractivity contribution in [1.82, 2.24) is 29.9 Å². The van der Waals surface area contributed by atoms with Gasteiger partial charge in [-0.1, -0.05) is 11.3 Å².